The standard InChI is InChI=1S/C8H7F3N2O/c9-8(10,11)7(14)5-13-4-2-1-3-6(13)12-7/h1-4,14H,5H2/p+1. The maximum absolute atomic E-state index is 12.4. The number of alkyl halides is 3. The molecule has 0 bridgehead atoms. The average molecular weight is 205 g/mol. The highest BCUT2D eigenvalue weighted by molar-refractivity contribution is 5.33. The molecule has 1 unspecified atom stereocenters. The van der Waals surface area contributed by atoms with Crippen LogP contribution in [0, 0.1) is 0 Å². The number of hydrogen-bond acceptors (Lipinski definition) is 2. The normalized spacial score (nSPS) is 25.7. The van der Waals surface area contributed by atoms with Gasteiger partial charge in [-0.15, -0.1) is 0 Å². The molecule has 0 amide bonds. The lowest BCUT2D eigenvalue weighted by Crippen LogP contribution is -2.53. The van der Waals surface area contributed by atoms with Gasteiger partial charge in [0, 0.05) is 6.07 Å². The van der Waals surface area contributed by atoms with Crippen molar-refractivity contribution in [1.29, 1.82) is 0 Å². The number of hydrogen-bond donors (Lipinski definition) is 2. The van der Waals surface area contributed by atoms with E-state index in [1.165, 1.54) is 16.8 Å². The maximum atomic E-state index is 12.4. The number of rotatable bonds is 0. The predicted molar refractivity (Wildman–Crippen MR) is 41.3 cm³/mol. The molecule has 0 aromatic carbocycles. The van der Waals surface area contributed by atoms with Gasteiger partial charge in [0.15, 0.2) is 6.54 Å². The Labute approximate surface area is 77.8 Å². The molecule has 0 saturated carbocycles. The predicted octanol–water partition coefficient (Wildman–Crippen LogP) is 0.651. The van der Waals surface area contributed by atoms with Crippen molar-refractivity contribution < 1.29 is 22.8 Å². The summed E-state index contributed by atoms with van der Waals surface area (Å²) in [6, 6.07) is 4.68. The largest absolute Gasteiger partial charge is 0.463 e. The van der Waals surface area contributed by atoms with Gasteiger partial charge in [-0.05, 0) is 6.07 Å². The van der Waals surface area contributed by atoms with Crippen molar-refractivity contribution in [2.24, 2.45) is 0 Å². The summed E-state index contributed by atoms with van der Waals surface area (Å²) < 4.78 is 38.5. The number of aromatic nitrogens is 1. The zero-order valence-corrected chi connectivity index (χ0v) is 7.04. The van der Waals surface area contributed by atoms with Gasteiger partial charge >= 0.3 is 11.9 Å². The van der Waals surface area contributed by atoms with Crippen molar-refractivity contribution >= 4 is 5.82 Å². The lowest BCUT2D eigenvalue weighted by Gasteiger charge is -2.19. The average Bonchev–Trinajstić information content (AvgIpc) is 2.40. The van der Waals surface area contributed by atoms with Gasteiger partial charge in [0.25, 0.3) is 5.82 Å². The molecule has 1 aliphatic heterocycles. The van der Waals surface area contributed by atoms with Gasteiger partial charge < -0.3 is 5.11 Å². The van der Waals surface area contributed by atoms with Gasteiger partial charge in [-0.1, -0.05) is 6.07 Å². The van der Waals surface area contributed by atoms with E-state index in [9.17, 15) is 18.3 Å². The van der Waals surface area contributed by atoms with Crippen LogP contribution in [0.4, 0.5) is 19.0 Å². The Bertz CT molecular complexity index is 339. The molecule has 1 aromatic rings. The van der Waals surface area contributed by atoms with Gasteiger partial charge in [0.1, 0.15) is 0 Å². The van der Waals surface area contributed by atoms with Crippen molar-refractivity contribution in [3.63, 3.8) is 0 Å². The van der Waals surface area contributed by atoms with Crippen LogP contribution in [-0.2, 0) is 6.54 Å². The Hall–Kier alpha value is -1.30. The number of halogens is 3. The molecular formula is C8H8F3N2O+. The van der Waals surface area contributed by atoms with Crippen LogP contribution in [0.3, 0.4) is 0 Å². The molecule has 14 heavy (non-hydrogen) atoms. The van der Waals surface area contributed by atoms with Crippen LogP contribution in [0.2, 0.25) is 0 Å². The first kappa shape index (κ1) is 9.26. The molecule has 1 atom stereocenters. The Balaban J connectivity index is 2.35. The van der Waals surface area contributed by atoms with Crippen LogP contribution >= 0.6 is 0 Å². The Morgan fingerprint density at radius 2 is 2.14 bits per heavy atom. The third kappa shape index (κ3) is 1.22. The summed E-state index contributed by atoms with van der Waals surface area (Å²) in [5.41, 5.74) is -2.85. The second-order valence-corrected chi connectivity index (χ2v) is 3.20. The Morgan fingerprint density at radius 1 is 1.43 bits per heavy atom. The summed E-state index contributed by atoms with van der Waals surface area (Å²) in [6.45, 7) is -0.521. The van der Waals surface area contributed by atoms with Crippen LogP contribution in [0.25, 0.3) is 0 Å². The quantitative estimate of drug-likeness (QED) is 0.610. The molecule has 0 radical (unpaired) electrons. The Morgan fingerprint density at radius 3 is 2.71 bits per heavy atom. The molecule has 2 N–H and O–H groups in total. The second-order valence-electron chi connectivity index (χ2n) is 3.20. The van der Waals surface area contributed by atoms with E-state index < -0.39 is 18.4 Å². The molecule has 6 heteroatoms. The molecular weight excluding hydrogens is 197 g/mol. The summed E-state index contributed by atoms with van der Waals surface area (Å²) in [5.74, 6) is 0.257. The highest BCUT2D eigenvalue weighted by Gasteiger charge is 2.63. The van der Waals surface area contributed by atoms with Crippen LogP contribution in [-0.4, -0.2) is 17.0 Å². The molecule has 76 valence electrons. The SMILES string of the molecule is OC1(C(F)(F)F)C[n+]2ccccc2N1. The first-order chi connectivity index (χ1) is 6.42. The fourth-order valence-electron chi connectivity index (χ4n) is 1.39. The van der Waals surface area contributed by atoms with E-state index in [-0.39, 0.29) is 5.82 Å². The van der Waals surface area contributed by atoms with Crippen molar-refractivity contribution in [2.75, 3.05) is 5.32 Å². The second kappa shape index (κ2) is 2.60. The van der Waals surface area contributed by atoms with Crippen molar-refractivity contribution in [3.8, 4) is 0 Å². The number of anilines is 1. The van der Waals surface area contributed by atoms with E-state index in [0.29, 0.717) is 0 Å². The van der Waals surface area contributed by atoms with E-state index in [2.05, 4.69) is 0 Å². The summed E-state index contributed by atoms with van der Waals surface area (Å²) in [7, 11) is 0. The van der Waals surface area contributed by atoms with Crippen molar-refractivity contribution in [2.45, 2.75) is 18.4 Å². The van der Waals surface area contributed by atoms with Gasteiger partial charge in [-0.3, -0.25) is 0 Å². The number of nitrogens with one attached hydrogen (secondary N) is 1. The number of nitrogens with zero attached hydrogens (tertiary/aromatic N) is 1. The highest BCUT2D eigenvalue weighted by atomic mass is 19.4. The smallest absolute Gasteiger partial charge is 0.343 e. The third-order valence-corrected chi connectivity index (χ3v) is 2.14. The maximum Gasteiger partial charge on any atom is 0.463 e. The van der Waals surface area contributed by atoms with Crippen LogP contribution in [0.5, 0.6) is 0 Å². The lowest BCUT2D eigenvalue weighted by molar-refractivity contribution is -0.686. The molecule has 2 heterocycles. The number of aliphatic hydroxyl groups is 1. The molecule has 3 nitrogen and oxygen atoms in total. The van der Waals surface area contributed by atoms with E-state index >= 15 is 0 Å². The van der Waals surface area contributed by atoms with Crippen LogP contribution < -0.4 is 9.88 Å². The van der Waals surface area contributed by atoms with E-state index in [1.54, 1.807) is 12.1 Å². The monoisotopic (exact) mass is 205 g/mol. The third-order valence-electron chi connectivity index (χ3n) is 2.14. The summed E-state index contributed by atoms with van der Waals surface area (Å²) in [5, 5.41) is 11.3. The van der Waals surface area contributed by atoms with E-state index in [0.717, 1.165) is 0 Å². The minimum Gasteiger partial charge on any atom is -0.343 e. The fraction of sp³-hybridized carbons (Fsp3) is 0.375. The number of pyridine rings is 1. The van der Waals surface area contributed by atoms with Crippen LogP contribution in [0.1, 0.15) is 0 Å². The summed E-state index contributed by atoms with van der Waals surface area (Å²) in [4.78, 5) is 0. The molecule has 0 spiro atoms. The van der Waals surface area contributed by atoms with E-state index in [1.807, 2.05) is 5.32 Å². The van der Waals surface area contributed by atoms with Crippen LogP contribution in [0.15, 0.2) is 24.4 Å². The zero-order chi connectivity index (χ0) is 10.4. The van der Waals surface area contributed by atoms with Gasteiger partial charge in [0.05, 0.1) is 6.20 Å². The van der Waals surface area contributed by atoms with Crippen molar-refractivity contribution in [3.05, 3.63) is 24.4 Å². The van der Waals surface area contributed by atoms with Gasteiger partial charge in [-0.2, -0.15) is 13.2 Å². The molecule has 2 rings (SSSR count). The van der Waals surface area contributed by atoms with Gasteiger partial charge in [0.2, 0.25) is 0 Å². The minimum atomic E-state index is -4.68. The van der Waals surface area contributed by atoms with E-state index in [4.69, 9.17) is 0 Å². The molecule has 0 fully saturated rings. The highest BCUT2D eigenvalue weighted by Crippen LogP contribution is 2.33. The first-order valence-electron chi connectivity index (χ1n) is 3.98. The van der Waals surface area contributed by atoms with Gasteiger partial charge in [-0.25, -0.2) is 9.88 Å². The molecule has 1 aromatic heterocycles. The zero-order valence-electron chi connectivity index (χ0n) is 7.04. The minimum absolute atomic E-state index is 0.257. The Kier molecular flexibility index (Phi) is 1.72. The first-order valence-corrected chi connectivity index (χ1v) is 3.98. The molecule has 0 aliphatic carbocycles. The fourth-order valence-corrected chi connectivity index (χ4v) is 1.39. The number of fused-ring (bicyclic) bond motifs is 1. The molecule has 0 saturated heterocycles. The summed E-state index contributed by atoms with van der Waals surface area (Å²) in [6.07, 6.45) is -3.20. The molecule has 1 aliphatic rings. The summed E-state index contributed by atoms with van der Waals surface area (Å²) >= 11 is 0. The van der Waals surface area contributed by atoms with Crippen molar-refractivity contribution in [1.82, 2.24) is 0 Å². The topological polar surface area (TPSA) is 36.1 Å². The lowest BCUT2D eigenvalue weighted by atomic mass is 10.2.